The second kappa shape index (κ2) is 7.96. The fraction of sp³-hybridized carbons (Fsp3) is 0.571. The first-order valence-electron chi connectivity index (χ1n) is 6.33. The molecule has 1 rings (SSSR count). The van der Waals surface area contributed by atoms with Crippen LogP contribution in [0.4, 0.5) is 11.4 Å². The number of ether oxygens (including phenoxy) is 1. The van der Waals surface area contributed by atoms with Crippen molar-refractivity contribution in [3.8, 4) is 0 Å². The van der Waals surface area contributed by atoms with Gasteiger partial charge in [-0.15, -0.1) is 0 Å². The highest BCUT2D eigenvalue weighted by molar-refractivity contribution is 5.54. The molecule has 3 nitrogen and oxygen atoms in total. The molecule has 1 N–H and O–H groups in total. The lowest BCUT2D eigenvalue weighted by molar-refractivity contribution is 0.141. The van der Waals surface area contributed by atoms with Crippen molar-refractivity contribution in [2.75, 3.05) is 44.1 Å². The molecule has 0 aromatic heterocycles. The van der Waals surface area contributed by atoms with Crippen LogP contribution in [0.1, 0.15) is 19.8 Å². The van der Waals surface area contributed by atoms with E-state index in [0.29, 0.717) is 0 Å². The highest BCUT2D eigenvalue weighted by atomic mass is 16.5. The van der Waals surface area contributed by atoms with E-state index in [1.54, 1.807) is 0 Å². The van der Waals surface area contributed by atoms with Crippen molar-refractivity contribution in [3.05, 3.63) is 24.3 Å². The zero-order chi connectivity index (χ0) is 12.5. The van der Waals surface area contributed by atoms with Crippen molar-refractivity contribution in [1.29, 1.82) is 0 Å². The Morgan fingerprint density at radius 3 is 2.41 bits per heavy atom. The van der Waals surface area contributed by atoms with Gasteiger partial charge in [-0.1, -0.05) is 13.3 Å². The lowest BCUT2D eigenvalue weighted by atomic mass is 10.2. The molecule has 0 fully saturated rings. The maximum atomic E-state index is 5.49. The largest absolute Gasteiger partial charge is 0.383 e. The molecule has 0 aliphatic rings. The molecule has 0 atom stereocenters. The van der Waals surface area contributed by atoms with Crippen molar-refractivity contribution >= 4 is 11.4 Å². The van der Waals surface area contributed by atoms with Crippen LogP contribution < -0.4 is 10.2 Å². The molecule has 0 bridgehead atoms. The molecule has 1 aromatic rings. The zero-order valence-corrected chi connectivity index (χ0v) is 11.2. The summed E-state index contributed by atoms with van der Waals surface area (Å²) < 4.78 is 5.49. The minimum absolute atomic E-state index is 0.773. The fourth-order valence-corrected chi connectivity index (χ4v) is 1.49. The molecule has 1 aromatic carbocycles. The second-order valence-corrected chi connectivity index (χ2v) is 4.33. The van der Waals surface area contributed by atoms with Gasteiger partial charge in [0.1, 0.15) is 0 Å². The van der Waals surface area contributed by atoms with Gasteiger partial charge in [0, 0.05) is 38.6 Å². The van der Waals surface area contributed by atoms with Crippen LogP contribution in [-0.2, 0) is 4.74 Å². The van der Waals surface area contributed by atoms with Gasteiger partial charge in [0.05, 0.1) is 6.61 Å². The van der Waals surface area contributed by atoms with Gasteiger partial charge in [-0.25, -0.2) is 0 Å². The van der Waals surface area contributed by atoms with Crippen molar-refractivity contribution < 1.29 is 4.74 Å². The number of anilines is 2. The third-order valence-corrected chi connectivity index (χ3v) is 2.60. The first-order chi connectivity index (χ1) is 8.24. The SMILES string of the molecule is CCCCOCCNc1ccc(N(C)C)cc1. The molecule has 0 spiro atoms. The average molecular weight is 236 g/mol. The van der Waals surface area contributed by atoms with Crippen LogP contribution >= 0.6 is 0 Å². The van der Waals surface area contributed by atoms with Crippen LogP contribution in [0, 0.1) is 0 Å². The normalized spacial score (nSPS) is 10.3. The highest BCUT2D eigenvalue weighted by Gasteiger charge is 1.95. The summed E-state index contributed by atoms with van der Waals surface area (Å²) in [4.78, 5) is 2.09. The smallest absolute Gasteiger partial charge is 0.0639 e. The molecule has 3 heteroatoms. The van der Waals surface area contributed by atoms with E-state index >= 15 is 0 Å². The van der Waals surface area contributed by atoms with Gasteiger partial charge in [-0.05, 0) is 30.7 Å². The summed E-state index contributed by atoms with van der Waals surface area (Å²) in [5, 5.41) is 3.34. The summed E-state index contributed by atoms with van der Waals surface area (Å²) in [5.74, 6) is 0. The first kappa shape index (κ1) is 13.8. The summed E-state index contributed by atoms with van der Waals surface area (Å²) in [6.07, 6.45) is 2.34. The van der Waals surface area contributed by atoms with Gasteiger partial charge in [0.15, 0.2) is 0 Å². The number of nitrogens with zero attached hydrogens (tertiary/aromatic N) is 1. The van der Waals surface area contributed by atoms with Crippen LogP contribution in [-0.4, -0.2) is 33.9 Å². The molecule has 0 aliphatic carbocycles. The lowest BCUT2D eigenvalue weighted by Gasteiger charge is -2.13. The van der Waals surface area contributed by atoms with Crippen LogP contribution in [0.5, 0.6) is 0 Å². The molecule has 96 valence electrons. The van der Waals surface area contributed by atoms with E-state index in [1.165, 1.54) is 12.1 Å². The highest BCUT2D eigenvalue weighted by Crippen LogP contribution is 2.15. The average Bonchev–Trinajstić information content (AvgIpc) is 2.34. The molecule has 17 heavy (non-hydrogen) atoms. The molecular weight excluding hydrogens is 212 g/mol. The number of hydrogen-bond acceptors (Lipinski definition) is 3. The third kappa shape index (κ3) is 5.59. The summed E-state index contributed by atoms with van der Waals surface area (Å²) in [7, 11) is 4.09. The summed E-state index contributed by atoms with van der Waals surface area (Å²) >= 11 is 0. The Morgan fingerprint density at radius 2 is 1.82 bits per heavy atom. The molecule has 0 radical (unpaired) electrons. The Balaban J connectivity index is 2.19. The van der Waals surface area contributed by atoms with E-state index in [1.807, 2.05) is 14.1 Å². The lowest BCUT2D eigenvalue weighted by Crippen LogP contribution is -2.11. The summed E-state index contributed by atoms with van der Waals surface area (Å²) in [6, 6.07) is 8.42. The molecule has 0 saturated carbocycles. The Morgan fingerprint density at radius 1 is 1.12 bits per heavy atom. The van der Waals surface area contributed by atoms with Gasteiger partial charge < -0.3 is 15.0 Å². The molecule has 0 saturated heterocycles. The molecule has 0 unspecified atom stereocenters. The van der Waals surface area contributed by atoms with E-state index in [2.05, 4.69) is 41.4 Å². The van der Waals surface area contributed by atoms with Gasteiger partial charge in [-0.3, -0.25) is 0 Å². The van der Waals surface area contributed by atoms with E-state index in [0.717, 1.165) is 31.9 Å². The number of benzene rings is 1. The molecular formula is C14H24N2O. The zero-order valence-electron chi connectivity index (χ0n) is 11.2. The van der Waals surface area contributed by atoms with E-state index in [-0.39, 0.29) is 0 Å². The van der Waals surface area contributed by atoms with Crippen molar-refractivity contribution in [3.63, 3.8) is 0 Å². The van der Waals surface area contributed by atoms with Crippen LogP contribution in [0.15, 0.2) is 24.3 Å². The number of hydrogen-bond donors (Lipinski definition) is 1. The van der Waals surface area contributed by atoms with E-state index < -0.39 is 0 Å². The predicted molar refractivity (Wildman–Crippen MR) is 75.0 cm³/mol. The van der Waals surface area contributed by atoms with E-state index in [4.69, 9.17) is 4.74 Å². The maximum Gasteiger partial charge on any atom is 0.0639 e. The third-order valence-electron chi connectivity index (χ3n) is 2.60. The number of nitrogens with one attached hydrogen (secondary N) is 1. The minimum atomic E-state index is 0.773. The summed E-state index contributed by atoms with van der Waals surface area (Å²) in [5.41, 5.74) is 2.37. The van der Waals surface area contributed by atoms with Crippen LogP contribution in [0.3, 0.4) is 0 Å². The molecule has 0 heterocycles. The number of rotatable bonds is 8. The maximum absolute atomic E-state index is 5.49. The quantitative estimate of drug-likeness (QED) is 0.702. The fourth-order valence-electron chi connectivity index (χ4n) is 1.49. The van der Waals surface area contributed by atoms with Crippen LogP contribution in [0.25, 0.3) is 0 Å². The van der Waals surface area contributed by atoms with Gasteiger partial charge in [0.2, 0.25) is 0 Å². The van der Waals surface area contributed by atoms with Gasteiger partial charge in [-0.2, -0.15) is 0 Å². The molecule has 0 amide bonds. The van der Waals surface area contributed by atoms with Crippen molar-refractivity contribution in [1.82, 2.24) is 0 Å². The van der Waals surface area contributed by atoms with Gasteiger partial charge in [0.25, 0.3) is 0 Å². The minimum Gasteiger partial charge on any atom is -0.383 e. The van der Waals surface area contributed by atoms with Crippen LogP contribution in [0.2, 0.25) is 0 Å². The van der Waals surface area contributed by atoms with Crippen molar-refractivity contribution in [2.24, 2.45) is 0 Å². The predicted octanol–water partition coefficient (Wildman–Crippen LogP) is 2.98. The second-order valence-electron chi connectivity index (χ2n) is 4.33. The summed E-state index contributed by atoms with van der Waals surface area (Å²) in [6.45, 7) is 4.69. The number of unbranched alkanes of at least 4 members (excludes halogenated alkanes) is 1. The standard InChI is InChI=1S/C14H24N2O/c1-4-5-11-17-12-10-15-13-6-8-14(9-7-13)16(2)3/h6-9,15H,4-5,10-12H2,1-3H3. The Labute approximate surface area is 105 Å². The Hall–Kier alpha value is -1.22. The van der Waals surface area contributed by atoms with E-state index in [9.17, 15) is 0 Å². The first-order valence-corrected chi connectivity index (χ1v) is 6.33. The Kier molecular flexibility index (Phi) is 6.48. The monoisotopic (exact) mass is 236 g/mol. The van der Waals surface area contributed by atoms with Gasteiger partial charge >= 0.3 is 0 Å². The molecule has 0 aliphatic heterocycles. The Bertz CT molecular complexity index is 296. The topological polar surface area (TPSA) is 24.5 Å². The van der Waals surface area contributed by atoms with Crippen molar-refractivity contribution in [2.45, 2.75) is 19.8 Å².